The van der Waals surface area contributed by atoms with E-state index in [0.717, 1.165) is 18.5 Å². The molecular weight excluding hydrogens is 258 g/mol. The number of anilines is 1. The van der Waals surface area contributed by atoms with Crippen molar-refractivity contribution in [1.82, 2.24) is 0 Å². The van der Waals surface area contributed by atoms with Gasteiger partial charge in [-0.1, -0.05) is 70.9 Å². The number of aryl methyl sites for hydroxylation is 1. The van der Waals surface area contributed by atoms with Crippen molar-refractivity contribution in [2.75, 3.05) is 5.32 Å². The fraction of sp³-hybridized carbons (Fsp3) is 0.632. The van der Waals surface area contributed by atoms with Gasteiger partial charge >= 0.3 is 0 Å². The standard InChI is InChI=1S/C19H31NO/c1-3-5-6-7-8-9-10-11-15-19(21)20-18-14-12-13-17(4-2)16-18/h12-14,16H,3-11,15H2,1-2H3,(H,20,21). The zero-order chi connectivity index (χ0) is 15.3. The van der Waals surface area contributed by atoms with Gasteiger partial charge in [-0.15, -0.1) is 0 Å². The van der Waals surface area contributed by atoms with E-state index in [2.05, 4.69) is 31.3 Å². The summed E-state index contributed by atoms with van der Waals surface area (Å²) in [6.45, 7) is 4.37. The Hall–Kier alpha value is -1.31. The summed E-state index contributed by atoms with van der Waals surface area (Å²) in [4.78, 5) is 11.9. The molecule has 0 fully saturated rings. The molecule has 1 aromatic carbocycles. The van der Waals surface area contributed by atoms with Crippen molar-refractivity contribution in [3.63, 3.8) is 0 Å². The van der Waals surface area contributed by atoms with Gasteiger partial charge in [-0.05, 0) is 30.5 Å². The molecule has 21 heavy (non-hydrogen) atoms. The summed E-state index contributed by atoms with van der Waals surface area (Å²) in [5, 5.41) is 3.00. The number of nitrogens with one attached hydrogen (secondary N) is 1. The first kappa shape index (κ1) is 17.7. The van der Waals surface area contributed by atoms with Crippen LogP contribution in [0.5, 0.6) is 0 Å². The molecule has 1 N–H and O–H groups in total. The highest BCUT2D eigenvalue weighted by Gasteiger charge is 2.02. The average molecular weight is 289 g/mol. The molecule has 1 rings (SSSR count). The average Bonchev–Trinajstić information content (AvgIpc) is 2.50. The van der Waals surface area contributed by atoms with E-state index in [1.165, 1.54) is 50.5 Å². The quantitative estimate of drug-likeness (QED) is 0.519. The summed E-state index contributed by atoms with van der Waals surface area (Å²) >= 11 is 0. The van der Waals surface area contributed by atoms with Crippen LogP contribution in [0, 0.1) is 0 Å². The minimum atomic E-state index is 0.147. The molecule has 2 heteroatoms. The molecule has 0 saturated heterocycles. The monoisotopic (exact) mass is 289 g/mol. The first-order valence-electron chi connectivity index (χ1n) is 8.65. The van der Waals surface area contributed by atoms with Crippen LogP contribution in [-0.2, 0) is 11.2 Å². The van der Waals surface area contributed by atoms with Gasteiger partial charge in [0.2, 0.25) is 5.91 Å². The summed E-state index contributed by atoms with van der Waals surface area (Å²) in [6.07, 6.45) is 11.8. The van der Waals surface area contributed by atoms with Gasteiger partial charge in [-0.25, -0.2) is 0 Å². The van der Waals surface area contributed by atoms with E-state index in [0.29, 0.717) is 6.42 Å². The fourth-order valence-corrected chi connectivity index (χ4v) is 2.51. The molecule has 1 amide bonds. The van der Waals surface area contributed by atoms with E-state index in [1.807, 2.05) is 12.1 Å². The fourth-order valence-electron chi connectivity index (χ4n) is 2.51. The van der Waals surface area contributed by atoms with E-state index < -0.39 is 0 Å². The molecule has 0 aromatic heterocycles. The summed E-state index contributed by atoms with van der Waals surface area (Å²) in [5.41, 5.74) is 2.19. The van der Waals surface area contributed by atoms with Crippen LogP contribution in [0.3, 0.4) is 0 Å². The van der Waals surface area contributed by atoms with E-state index in [-0.39, 0.29) is 5.91 Å². The lowest BCUT2D eigenvalue weighted by atomic mass is 10.1. The Morgan fingerprint density at radius 1 is 0.952 bits per heavy atom. The van der Waals surface area contributed by atoms with Crippen molar-refractivity contribution < 1.29 is 4.79 Å². The van der Waals surface area contributed by atoms with Gasteiger partial charge in [0.05, 0.1) is 0 Å². The molecule has 0 bridgehead atoms. The Balaban J connectivity index is 2.08. The summed E-state index contributed by atoms with van der Waals surface area (Å²) in [6, 6.07) is 8.12. The Labute approximate surface area is 130 Å². The van der Waals surface area contributed by atoms with E-state index >= 15 is 0 Å². The Morgan fingerprint density at radius 3 is 2.29 bits per heavy atom. The normalized spacial score (nSPS) is 10.6. The SMILES string of the molecule is CCCCCCCCCCC(=O)Nc1cccc(CC)c1. The summed E-state index contributed by atoms with van der Waals surface area (Å²) in [7, 11) is 0. The van der Waals surface area contributed by atoms with Crippen LogP contribution in [0.15, 0.2) is 24.3 Å². The molecule has 0 saturated carbocycles. The number of rotatable bonds is 11. The van der Waals surface area contributed by atoms with Gasteiger partial charge in [-0.3, -0.25) is 4.79 Å². The van der Waals surface area contributed by atoms with Gasteiger partial charge in [0, 0.05) is 12.1 Å². The second-order valence-electron chi connectivity index (χ2n) is 5.83. The van der Waals surface area contributed by atoms with Crippen molar-refractivity contribution in [3.05, 3.63) is 29.8 Å². The number of benzene rings is 1. The third-order valence-corrected chi connectivity index (χ3v) is 3.88. The predicted octanol–water partition coefficient (Wildman–Crippen LogP) is 5.72. The maximum Gasteiger partial charge on any atom is 0.224 e. The highest BCUT2D eigenvalue weighted by Crippen LogP contribution is 2.13. The predicted molar refractivity (Wildman–Crippen MR) is 91.7 cm³/mol. The molecule has 0 aliphatic heterocycles. The van der Waals surface area contributed by atoms with Gasteiger partial charge in [-0.2, -0.15) is 0 Å². The molecule has 0 aliphatic rings. The minimum Gasteiger partial charge on any atom is -0.326 e. The molecule has 0 heterocycles. The second-order valence-corrected chi connectivity index (χ2v) is 5.83. The molecule has 0 unspecified atom stereocenters. The smallest absolute Gasteiger partial charge is 0.224 e. The number of hydrogen-bond donors (Lipinski definition) is 1. The number of carbonyl (C=O) groups is 1. The number of carbonyl (C=O) groups excluding carboxylic acids is 1. The number of hydrogen-bond acceptors (Lipinski definition) is 1. The zero-order valence-electron chi connectivity index (χ0n) is 13.8. The van der Waals surface area contributed by atoms with E-state index in [9.17, 15) is 4.79 Å². The lowest BCUT2D eigenvalue weighted by Crippen LogP contribution is -2.11. The maximum atomic E-state index is 11.9. The molecule has 0 spiro atoms. The lowest BCUT2D eigenvalue weighted by molar-refractivity contribution is -0.116. The second kappa shape index (κ2) is 11.4. The van der Waals surface area contributed by atoms with E-state index in [4.69, 9.17) is 0 Å². The molecule has 0 atom stereocenters. The third-order valence-electron chi connectivity index (χ3n) is 3.88. The molecular formula is C19H31NO. The van der Waals surface area contributed by atoms with Crippen LogP contribution in [0.2, 0.25) is 0 Å². The van der Waals surface area contributed by atoms with Gasteiger partial charge in [0.15, 0.2) is 0 Å². The first-order valence-corrected chi connectivity index (χ1v) is 8.65. The van der Waals surface area contributed by atoms with E-state index in [1.54, 1.807) is 0 Å². The molecule has 118 valence electrons. The Bertz CT molecular complexity index is 400. The number of unbranched alkanes of at least 4 members (excludes halogenated alkanes) is 7. The molecule has 0 aliphatic carbocycles. The van der Waals surface area contributed by atoms with Crippen molar-refractivity contribution >= 4 is 11.6 Å². The zero-order valence-corrected chi connectivity index (χ0v) is 13.8. The maximum absolute atomic E-state index is 11.9. The Morgan fingerprint density at radius 2 is 1.62 bits per heavy atom. The van der Waals surface area contributed by atoms with Crippen molar-refractivity contribution in [1.29, 1.82) is 0 Å². The molecule has 2 nitrogen and oxygen atoms in total. The topological polar surface area (TPSA) is 29.1 Å². The number of amides is 1. The molecule has 1 aromatic rings. The minimum absolute atomic E-state index is 0.147. The van der Waals surface area contributed by atoms with Crippen LogP contribution in [0.25, 0.3) is 0 Å². The van der Waals surface area contributed by atoms with Crippen LogP contribution in [0.1, 0.15) is 77.2 Å². The summed E-state index contributed by atoms with van der Waals surface area (Å²) < 4.78 is 0. The van der Waals surface area contributed by atoms with Gasteiger partial charge in [0.25, 0.3) is 0 Å². The lowest BCUT2D eigenvalue weighted by Gasteiger charge is -2.07. The van der Waals surface area contributed by atoms with Crippen molar-refractivity contribution in [2.24, 2.45) is 0 Å². The third kappa shape index (κ3) is 8.54. The van der Waals surface area contributed by atoms with Crippen LogP contribution in [0.4, 0.5) is 5.69 Å². The summed E-state index contributed by atoms with van der Waals surface area (Å²) in [5.74, 6) is 0.147. The first-order chi connectivity index (χ1) is 10.3. The van der Waals surface area contributed by atoms with Crippen LogP contribution in [-0.4, -0.2) is 5.91 Å². The van der Waals surface area contributed by atoms with Crippen molar-refractivity contribution in [3.8, 4) is 0 Å². The largest absolute Gasteiger partial charge is 0.326 e. The Kier molecular flexibility index (Phi) is 9.60. The van der Waals surface area contributed by atoms with Crippen molar-refractivity contribution in [2.45, 2.75) is 78.1 Å². The highest BCUT2D eigenvalue weighted by atomic mass is 16.1. The highest BCUT2D eigenvalue weighted by molar-refractivity contribution is 5.90. The van der Waals surface area contributed by atoms with Crippen LogP contribution >= 0.6 is 0 Å². The van der Waals surface area contributed by atoms with Gasteiger partial charge < -0.3 is 5.32 Å². The molecule has 0 radical (unpaired) electrons. The van der Waals surface area contributed by atoms with Crippen LogP contribution < -0.4 is 5.32 Å². The van der Waals surface area contributed by atoms with Gasteiger partial charge in [0.1, 0.15) is 0 Å².